The molecular formula is C13H18N2O2S. The number of hydrogen-bond donors (Lipinski definition) is 1. The molecule has 2 unspecified atom stereocenters. The van der Waals surface area contributed by atoms with E-state index in [1.54, 1.807) is 18.4 Å². The summed E-state index contributed by atoms with van der Waals surface area (Å²) in [5, 5.41) is 5.44. The Morgan fingerprint density at radius 2 is 2.28 bits per heavy atom. The van der Waals surface area contributed by atoms with Gasteiger partial charge in [0.1, 0.15) is 6.17 Å². The van der Waals surface area contributed by atoms with Crippen LogP contribution < -0.4 is 5.32 Å². The van der Waals surface area contributed by atoms with Crippen LogP contribution in [0, 0.1) is 0 Å². The summed E-state index contributed by atoms with van der Waals surface area (Å²) in [6.45, 7) is 1.94. The predicted molar refractivity (Wildman–Crippen MR) is 70.3 cm³/mol. The van der Waals surface area contributed by atoms with E-state index in [2.05, 4.69) is 16.8 Å². The van der Waals surface area contributed by atoms with Gasteiger partial charge in [0, 0.05) is 18.0 Å². The summed E-state index contributed by atoms with van der Waals surface area (Å²) in [5.41, 5.74) is 0. The van der Waals surface area contributed by atoms with Crippen LogP contribution in [-0.2, 0) is 9.53 Å². The van der Waals surface area contributed by atoms with E-state index in [0.29, 0.717) is 12.1 Å². The fourth-order valence-corrected chi connectivity index (χ4v) is 3.54. The largest absolute Gasteiger partial charge is 0.381 e. The first-order valence-corrected chi connectivity index (χ1v) is 7.23. The Morgan fingerprint density at radius 1 is 1.50 bits per heavy atom. The third-order valence-corrected chi connectivity index (χ3v) is 4.85. The number of methoxy groups -OCH3 is 1. The van der Waals surface area contributed by atoms with Gasteiger partial charge in [0.25, 0.3) is 0 Å². The van der Waals surface area contributed by atoms with E-state index in [1.165, 1.54) is 4.88 Å². The normalized spacial score (nSPS) is 35.9. The van der Waals surface area contributed by atoms with E-state index in [-0.39, 0.29) is 18.1 Å². The number of carbonyl (C=O) groups is 1. The van der Waals surface area contributed by atoms with Gasteiger partial charge in [-0.2, -0.15) is 0 Å². The highest BCUT2D eigenvalue weighted by Gasteiger charge is 2.46. The second kappa shape index (κ2) is 4.64. The highest BCUT2D eigenvalue weighted by atomic mass is 32.1. The standard InChI is InChI=1S/C13H18N2O2S/c1-8-13(16)15(9-6-10(7-9)17-2)12(14-8)11-4-3-5-18-11/h3-5,8-10,12,14H,6-7H2,1-2H3. The minimum atomic E-state index is -0.0845. The smallest absolute Gasteiger partial charge is 0.241 e. The van der Waals surface area contributed by atoms with Crippen molar-refractivity contribution in [1.29, 1.82) is 0 Å². The fraction of sp³-hybridized carbons (Fsp3) is 0.615. The van der Waals surface area contributed by atoms with Crippen LogP contribution in [-0.4, -0.2) is 36.1 Å². The first kappa shape index (κ1) is 12.1. The fourth-order valence-electron chi connectivity index (χ4n) is 2.75. The molecule has 18 heavy (non-hydrogen) atoms. The molecule has 3 rings (SSSR count). The molecule has 2 aliphatic rings. The molecule has 1 aliphatic heterocycles. The summed E-state index contributed by atoms with van der Waals surface area (Å²) in [7, 11) is 1.74. The Balaban J connectivity index is 1.79. The lowest BCUT2D eigenvalue weighted by Gasteiger charge is -2.42. The minimum Gasteiger partial charge on any atom is -0.381 e. The minimum absolute atomic E-state index is 0.0512. The molecule has 2 heterocycles. The second-order valence-electron chi connectivity index (χ2n) is 5.03. The van der Waals surface area contributed by atoms with Crippen LogP contribution in [0.2, 0.25) is 0 Å². The summed E-state index contributed by atoms with van der Waals surface area (Å²) in [6.07, 6.45) is 2.29. The van der Waals surface area contributed by atoms with Crippen LogP contribution in [0.25, 0.3) is 0 Å². The molecule has 0 radical (unpaired) electrons. The Morgan fingerprint density at radius 3 is 2.89 bits per heavy atom. The van der Waals surface area contributed by atoms with Crippen molar-refractivity contribution in [3.05, 3.63) is 22.4 Å². The highest BCUT2D eigenvalue weighted by molar-refractivity contribution is 7.10. The maximum atomic E-state index is 12.3. The highest BCUT2D eigenvalue weighted by Crippen LogP contribution is 2.37. The number of nitrogens with one attached hydrogen (secondary N) is 1. The Labute approximate surface area is 111 Å². The molecule has 5 heteroatoms. The predicted octanol–water partition coefficient (Wildman–Crippen LogP) is 1.74. The van der Waals surface area contributed by atoms with Crippen LogP contribution >= 0.6 is 11.3 Å². The molecular weight excluding hydrogens is 248 g/mol. The lowest BCUT2D eigenvalue weighted by atomic mass is 9.87. The molecule has 2 atom stereocenters. The number of rotatable bonds is 3. The molecule has 1 aromatic heterocycles. The summed E-state index contributed by atoms with van der Waals surface area (Å²) in [4.78, 5) is 15.5. The van der Waals surface area contributed by atoms with E-state index < -0.39 is 0 Å². The molecule has 2 fully saturated rings. The number of hydrogen-bond acceptors (Lipinski definition) is 4. The molecule has 0 spiro atoms. The van der Waals surface area contributed by atoms with Gasteiger partial charge in [-0.25, -0.2) is 0 Å². The number of nitrogens with zero attached hydrogens (tertiary/aromatic N) is 1. The molecule has 0 aromatic carbocycles. The summed E-state index contributed by atoms with van der Waals surface area (Å²) in [5.74, 6) is 0.216. The van der Waals surface area contributed by atoms with E-state index in [4.69, 9.17) is 4.74 Å². The number of thiophene rings is 1. The van der Waals surface area contributed by atoms with Crippen molar-refractivity contribution in [2.45, 2.75) is 44.1 Å². The van der Waals surface area contributed by atoms with Crippen molar-refractivity contribution in [1.82, 2.24) is 10.2 Å². The van der Waals surface area contributed by atoms with Gasteiger partial charge < -0.3 is 9.64 Å². The topological polar surface area (TPSA) is 41.6 Å². The van der Waals surface area contributed by atoms with Gasteiger partial charge in [-0.05, 0) is 31.2 Å². The Kier molecular flexibility index (Phi) is 3.13. The van der Waals surface area contributed by atoms with Crippen molar-refractivity contribution in [3.63, 3.8) is 0 Å². The second-order valence-corrected chi connectivity index (χ2v) is 6.01. The van der Waals surface area contributed by atoms with Crippen molar-refractivity contribution < 1.29 is 9.53 Å². The zero-order chi connectivity index (χ0) is 12.7. The van der Waals surface area contributed by atoms with Gasteiger partial charge >= 0.3 is 0 Å². The average molecular weight is 266 g/mol. The quantitative estimate of drug-likeness (QED) is 0.906. The molecule has 98 valence electrons. The summed E-state index contributed by atoms with van der Waals surface area (Å²) >= 11 is 1.70. The summed E-state index contributed by atoms with van der Waals surface area (Å²) < 4.78 is 5.31. The van der Waals surface area contributed by atoms with Crippen molar-refractivity contribution in [2.75, 3.05) is 7.11 Å². The van der Waals surface area contributed by atoms with Gasteiger partial charge in [0.2, 0.25) is 5.91 Å². The van der Waals surface area contributed by atoms with E-state index in [9.17, 15) is 4.79 Å². The monoisotopic (exact) mass is 266 g/mol. The third-order valence-electron chi connectivity index (χ3n) is 3.92. The van der Waals surface area contributed by atoms with Gasteiger partial charge in [0.15, 0.2) is 0 Å². The lowest BCUT2D eigenvalue weighted by molar-refractivity contribution is -0.137. The van der Waals surface area contributed by atoms with Gasteiger partial charge in [-0.1, -0.05) is 6.07 Å². The maximum absolute atomic E-state index is 12.3. The van der Waals surface area contributed by atoms with E-state index in [1.807, 2.05) is 17.9 Å². The van der Waals surface area contributed by atoms with Crippen LogP contribution in [0.15, 0.2) is 17.5 Å². The van der Waals surface area contributed by atoms with Crippen LogP contribution in [0.5, 0.6) is 0 Å². The molecule has 1 aromatic rings. The van der Waals surface area contributed by atoms with Gasteiger partial charge in [0.05, 0.1) is 12.1 Å². The van der Waals surface area contributed by atoms with Crippen molar-refractivity contribution in [2.24, 2.45) is 0 Å². The first-order valence-electron chi connectivity index (χ1n) is 6.35. The van der Waals surface area contributed by atoms with E-state index >= 15 is 0 Å². The van der Waals surface area contributed by atoms with Crippen LogP contribution in [0.3, 0.4) is 0 Å². The average Bonchev–Trinajstić information content (AvgIpc) is 2.90. The van der Waals surface area contributed by atoms with Crippen molar-refractivity contribution in [3.8, 4) is 0 Å². The SMILES string of the molecule is COC1CC(N2C(=O)C(C)NC2c2cccs2)C1. The van der Waals surface area contributed by atoms with Crippen molar-refractivity contribution >= 4 is 17.2 Å². The maximum Gasteiger partial charge on any atom is 0.241 e. The Hall–Kier alpha value is -0.910. The zero-order valence-electron chi connectivity index (χ0n) is 10.6. The first-order chi connectivity index (χ1) is 8.70. The zero-order valence-corrected chi connectivity index (χ0v) is 11.4. The number of amides is 1. The molecule has 1 saturated carbocycles. The van der Waals surface area contributed by atoms with Crippen LogP contribution in [0.1, 0.15) is 30.8 Å². The number of carbonyl (C=O) groups excluding carboxylic acids is 1. The van der Waals surface area contributed by atoms with Gasteiger partial charge in [-0.15, -0.1) is 11.3 Å². The van der Waals surface area contributed by atoms with Gasteiger partial charge in [-0.3, -0.25) is 10.1 Å². The molecule has 0 bridgehead atoms. The summed E-state index contributed by atoms with van der Waals surface area (Å²) in [6, 6.07) is 4.37. The molecule has 1 N–H and O–H groups in total. The Bertz CT molecular complexity index is 428. The molecule has 1 amide bonds. The lowest BCUT2D eigenvalue weighted by Crippen LogP contribution is -2.50. The third kappa shape index (κ3) is 1.86. The molecule has 1 aliphatic carbocycles. The number of ether oxygens (including phenoxy) is 1. The molecule has 4 nitrogen and oxygen atoms in total. The van der Waals surface area contributed by atoms with E-state index in [0.717, 1.165) is 12.8 Å². The molecule has 1 saturated heterocycles. The van der Waals surface area contributed by atoms with Crippen LogP contribution in [0.4, 0.5) is 0 Å².